The van der Waals surface area contributed by atoms with E-state index in [-0.39, 0.29) is 62.8 Å². The molecule has 0 aliphatic carbocycles. The van der Waals surface area contributed by atoms with Crippen molar-refractivity contribution in [2.75, 3.05) is 0 Å². The SMILES string of the molecule is [AlH3].[B].[Co].[H-].[Li+]. The van der Waals surface area contributed by atoms with Crippen LogP contribution >= 0.6 is 0 Å². The zero-order chi connectivity index (χ0) is 0. The first-order valence-corrected chi connectivity index (χ1v) is 0. The molecule has 0 bridgehead atoms. The summed E-state index contributed by atoms with van der Waals surface area (Å²) in [5.74, 6) is 0. The second-order valence-corrected chi connectivity index (χ2v) is 0. The van der Waals surface area contributed by atoms with E-state index < -0.39 is 0 Å². The molecule has 0 fully saturated rings. The van der Waals surface area contributed by atoms with Crippen molar-refractivity contribution in [2.24, 2.45) is 0 Å². The van der Waals surface area contributed by atoms with E-state index in [1.807, 2.05) is 0 Å². The fourth-order valence-corrected chi connectivity index (χ4v) is 0. The first kappa shape index (κ1) is 43.5. The quantitative estimate of drug-likeness (QED) is 0.274. The van der Waals surface area contributed by atoms with Gasteiger partial charge in [0, 0.05) is 25.2 Å². The monoisotopic (exact) mass is 108 g/mol. The van der Waals surface area contributed by atoms with Crippen molar-refractivity contribution in [1.82, 2.24) is 0 Å². The Morgan fingerprint density at radius 3 is 1.25 bits per heavy atom. The van der Waals surface area contributed by atoms with Gasteiger partial charge in [-0.1, -0.05) is 0 Å². The number of rotatable bonds is 0. The zero-order valence-electron chi connectivity index (χ0n) is 2.91. The molecule has 0 spiro atoms. The molecule has 0 aromatic heterocycles. The van der Waals surface area contributed by atoms with Gasteiger partial charge in [-0.15, -0.1) is 0 Å². The second kappa shape index (κ2) is 22.3. The third kappa shape index (κ3) is 9.33. The van der Waals surface area contributed by atoms with Gasteiger partial charge in [-0.3, -0.25) is 0 Å². The molecule has 4 heteroatoms. The van der Waals surface area contributed by atoms with E-state index in [2.05, 4.69) is 0 Å². The van der Waals surface area contributed by atoms with E-state index in [9.17, 15) is 0 Å². The molecule has 0 aromatic carbocycles. The van der Waals surface area contributed by atoms with Crippen molar-refractivity contribution in [3.63, 3.8) is 0 Å². The Kier molecular flexibility index (Phi) is 242. The molecule has 0 saturated heterocycles. The van der Waals surface area contributed by atoms with Crippen molar-refractivity contribution in [2.45, 2.75) is 0 Å². The third-order valence-electron chi connectivity index (χ3n) is 0. The molecule has 0 aromatic rings. The summed E-state index contributed by atoms with van der Waals surface area (Å²) in [6.45, 7) is 0. The first-order chi connectivity index (χ1) is 0. The van der Waals surface area contributed by atoms with Crippen molar-refractivity contribution >= 4 is 25.8 Å². The summed E-state index contributed by atoms with van der Waals surface area (Å²) < 4.78 is 0. The summed E-state index contributed by atoms with van der Waals surface area (Å²) in [6, 6.07) is 0. The molecular weight excluding hydrogens is 104 g/mol. The van der Waals surface area contributed by atoms with E-state index in [0.717, 1.165) is 0 Å². The summed E-state index contributed by atoms with van der Waals surface area (Å²) in [5, 5.41) is 0. The smallest absolute Gasteiger partial charge is 1.00 e. The Morgan fingerprint density at radius 1 is 1.25 bits per heavy atom. The summed E-state index contributed by atoms with van der Waals surface area (Å²) in [7, 11) is 0. The molecule has 0 amide bonds. The Balaban J connectivity index is 0. The van der Waals surface area contributed by atoms with Crippen molar-refractivity contribution in [3.8, 4) is 0 Å². The summed E-state index contributed by atoms with van der Waals surface area (Å²) in [5.41, 5.74) is 0. The van der Waals surface area contributed by atoms with E-state index in [1.54, 1.807) is 0 Å². The van der Waals surface area contributed by atoms with Crippen molar-refractivity contribution < 1.29 is 37.1 Å². The summed E-state index contributed by atoms with van der Waals surface area (Å²) >= 11 is 0. The normalized spacial score (nSPS) is 0. The Labute approximate surface area is 62.7 Å². The van der Waals surface area contributed by atoms with Crippen LogP contribution in [0.3, 0.4) is 0 Å². The Bertz CT molecular complexity index is 11.6. The minimum absolute atomic E-state index is 0. The van der Waals surface area contributed by atoms with Gasteiger partial charge in [-0.05, 0) is 0 Å². The number of hydrogen-bond donors (Lipinski definition) is 0. The maximum Gasteiger partial charge on any atom is 1.00 e. The van der Waals surface area contributed by atoms with Crippen molar-refractivity contribution in [1.29, 1.82) is 0 Å². The molecule has 0 aliphatic rings. The van der Waals surface area contributed by atoms with E-state index in [0.29, 0.717) is 0 Å². The predicted octanol–water partition coefficient (Wildman–Crippen LogP) is -4.45. The topological polar surface area (TPSA) is 0 Å². The van der Waals surface area contributed by atoms with Crippen LogP contribution < -0.4 is 18.9 Å². The number of hydrogen-bond acceptors (Lipinski definition) is 0. The van der Waals surface area contributed by atoms with Crippen LogP contribution in [0.15, 0.2) is 0 Å². The third-order valence-corrected chi connectivity index (χ3v) is 0. The average molecular weight is 108 g/mol. The summed E-state index contributed by atoms with van der Waals surface area (Å²) in [4.78, 5) is 0. The van der Waals surface area contributed by atoms with Crippen LogP contribution in [0.25, 0.3) is 0 Å². The maximum atomic E-state index is 0. The van der Waals surface area contributed by atoms with Gasteiger partial charge in [-0.25, -0.2) is 0 Å². The van der Waals surface area contributed by atoms with Gasteiger partial charge in [0.05, 0.1) is 0 Å². The molecule has 20 valence electrons. The van der Waals surface area contributed by atoms with Crippen LogP contribution in [0.4, 0.5) is 0 Å². The van der Waals surface area contributed by atoms with E-state index >= 15 is 0 Å². The Hall–Kier alpha value is 1.70. The molecule has 0 atom stereocenters. The van der Waals surface area contributed by atoms with Crippen LogP contribution in [0, 0.1) is 0 Å². The van der Waals surface area contributed by atoms with Gasteiger partial charge in [0.1, 0.15) is 0 Å². The minimum atomic E-state index is 0. The summed E-state index contributed by atoms with van der Waals surface area (Å²) in [6.07, 6.45) is 0. The van der Waals surface area contributed by atoms with Gasteiger partial charge in [0.15, 0.2) is 17.4 Å². The predicted molar refractivity (Wildman–Crippen MR) is 16.8 cm³/mol. The van der Waals surface area contributed by atoms with Gasteiger partial charge in [0.2, 0.25) is 0 Å². The van der Waals surface area contributed by atoms with Crippen LogP contribution in [0.1, 0.15) is 1.43 Å². The van der Waals surface area contributed by atoms with Crippen molar-refractivity contribution in [3.05, 3.63) is 0 Å². The fraction of sp³-hybridized carbons (Fsp3) is 0. The molecule has 0 heterocycles. The largest absolute Gasteiger partial charge is 1.00 e. The molecule has 0 rings (SSSR count). The molecular formula is H4AlBCoLi. The molecule has 0 nitrogen and oxygen atoms in total. The van der Waals surface area contributed by atoms with Gasteiger partial charge in [0.25, 0.3) is 0 Å². The first-order valence-electron chi connectivity index (χ1n) is 0. The molecule has 0 unspecified atom stereocenters. The standard InChI is InChI=1S/Al.B.Co.Li.4H/q;;;+1;;;;-1. The van der Waals surface area contributed by atoms with Gasteiger partial charge in [-0.2, -0.15) is 0 Å². The zero-order valence-corrected chi connectivity index (χ0v) is 2.95. The van der Waals surface area contributed by atoms with Crippen LogP contribution in [-0.4, -0.2) is 25.8 Å². The van der Waals surface area contributed by atoms with Crippen LogP contribution in [0.5, 0.6) is 0 Å². The molecule has 0 saturated carbocycles. The maximum absolute atomic E-state index is 0. The van der Waals surface area contributed by atoms with Gasteiger partial charge < -0.3 is 1.43 Å². The fourth-order valence-electron chi connectivity index (χ4n) is 0. The molecule has 4 heavy (non-hydrogen) atoms. The van der Waals surface area contributed by atoms with Crippen LogP contribution in [0.2, 0.25) is 0 Å². The minimum Gasteiger partial charge on any atom is -1.00 e. The van der Waals surface area contributed by atoms with Gasteiger partial charge >= 0.3 is 18.9 Å². The average Bonchev–Trinajstić information content (AvgIpc) is 0. The van der Waals surface area contributed by atoms with E-state index in [4.69, 9.17) is 0 Å². The van der Waals surface area contributed by atoms with Crippen LogP contribution in [-0.2, 0) is 16.8 Å². The molecule has 0 N–H and O–H groups in total. The van der Waals surface area contributed by atoms with E-state index in [1.165, 1.54) is 0 Å². The molecule has 4 radical (unpaired) electrons. The second-order valence-electron chi connectivity index (χ2n) is 0. The Morgan fingerprint density at radius 2 is 1.25 bits per heavy atom. The molecule has 0 aliphatic heterocycles.